The van der Waals surface area contributed by atoms with E-state index in [9.17, 15) is 0 Å². The Bertz CT molecular complexity index is 326. The molecule has 119 valence electrons. The first-order valence-corrected chi connectivity index (χ1v) is 11.9. The van der Waals surface area contributed by atoms with E-state index < -0.39 is 0 Å². The van der Waals surface area contributed by atoms with Crippen LogP contribution in [0.15, 0.2) is 30.3 Å². The van der Waals surface area contributed by atoms with E-state index in [0.29, 0.717) is 0 Å². The molecule has 0 saturated carbocycles. The van der Waals surface area contributed by atoms with E-state index in [4.69, 9.17) is 0 Å². The van der Waals surface area contributed by atoms with Gasteiger partial charge in [-0.1, -0.05) is 122 Å². The van der Waals surface area contributed by atoms with Crippen molar-refractivity contribution >= 4 is 29.9 Å². The first kappa shape index (κ1) is 19.0. The minimum absolute atomic E-state index is 0.311. The lowest BCUT2D eigenvalue weighted by Gasteiger charge is -2.15. The smallest absolute Gasteiger partial charge is 0.0856 e. The third kappa shape index (κ3) is 9.52. The van der Waals surface area contributed by atoms with Crippen LogP contribution in [0.1, 0.15) is 64.7 Å². The van der Waals surface area contributed by atoms with Crippen LogP contribution in [0.4, 0.5) is 0 Å². The molecule has 2 heteroatoms. The van der Waals surface area contributed by atoms with Crippen molar-refractivity contribution in [1.82, 2.24) is 0 Å². The van der Waals surface area contributed by atoms with Gasteiger partial charge in [0.25, 0.3) is 0 Å². The average molecular weight is 368 g/mol. The molecule has 0 bridgehead atoms. The summed E-state index contributed by atoms with van der Waals surface area (Å²) in [4.78, 5) is 0. The minimum atomic E-state index is -0.311. The first-order valence-electron chi connectivity index (χ1n) is 8.84. The van der Waals surface area contributed by atoms with Gasteiger partial charge in [0.1, 0.15) is 0 Å². The number of unbranched alkanes of at least 4 members (excludes halogenated alkanes) is 7. The Hall–Kier alpha value is -0.0831. The van der Waals surface area contributed by atoms with E-state index in [1.54, 1.807) is 5.19 Å². The Kier molecular flexibility index (Phi) is 12.3. The summed E-state index contributed by atoms with van der Waals surface area (Å²) >= 11 is 3.54. The summed E-state index contributed by atoms with van der Waals surface area (Å²) in [6.07, 6.45) is 12.7. The summed E-state index contributed by atoms with van der Waals surface area (Å²) in [6.45, 7) is 2.30. The van der Waals surface area contributed by atoms with E-state index in [0.717, 1.165) is 5.33 Å². The van der Waals surface area contributed by atoms with Crippen LogP contribution in [0.3, 0.4) is 0 Å². The van der Waals surface area contributed by atoms with E-state index >= 15 is 0 Å². The molecule has 0 heterocycles. The molecule has 1 aromatic carbocycles. The summed E-state index contributed by atoms with van der Waals surface area (Å²) in [7, 11) is -0.311. The van der Waals surface area contributed by atoms with E-state index in [2.05, 4.69) is 53.2 Å². The number of hydrogen-bond donors (Lipinski definition) is 0. The second-order valence-electron chi connectivity index (χ2n) is 5.99. The van der Waals surface area contributed by atoms with Crippen LogP contribution < -0.4 is 5.19 Å². The fourth-order valence-electron chi connectivity index (χ4n) is 2.82. The maximum absolute atomic E-state index is 3.54. The lowest BCUT2D eigenvalue weighted by molar-refractivity contribution is 0.623. The molecular weight excluding hydrogens is 336 g/mol. The first-order chi connectivity index (χ1) is 10.4. The van der Waals surface area contributed by atoms with Crippen LogP contribution in [0.5, 0.6) is 0 Å². The van der Waals surface area contributed by atoms with Crippen molar-refractivity contribution in [3.8, 4) is 0 Å². The third-order valence-electron chi connectivity index (χ3n) is 4.13. The van der Waals surface area contributed by atoms with Gasteiger partial charge in [-0.3, -0.25) is 0 Å². The summed E-state index contributed by atoms with van der Waals surface area (Å²) in [6, 6.07) is 14.3. The molecule has 0 nitrogen and oxygen atoms in total. The minimum Gasteiger partial charge on any atom is -0.0928 e. The predicted octanol–water partition coefficient (Wildman–Crippen LogP) is 6.31. The molecule has 1 aromatic rings. The Labute approximate surface area is 142 Å². The molecule has 0 amide bonds. The van der Waals surface area contributed by atoms with Gasteiger partial charge in [0, 0.05) is 5.33 Å². The SMILES string of the molecule is CCCCCCCC[Si](CCCCCBr)c1ccccc1. The highest BCUT2D eigenvalue weighted by Crippen LogP contribution is 2.14. The van der Waals surface area contributed by atoms with Crippen molar-refractivity contribution in [2.75, 3.05) is 5.33 Å². The molecule has 0 saturated heterocycles. The van der Waals surface area contributed by atoms with Gasteiger partial charge < -0.3 is 0 Å². The van der Waals surface area contributed by atoms with Gasteiger partial charge in [0.2, 0.25) is 0 Å². The van der Waals surface area contributed by atoms with Crippen molar-refractivity contribution in [2.45, 2.75) is 76.8 Å². The number of hydrogen-bond acceptors (Lipinski definition) is 0. The van der Waals surface area contributed by atoms with Crippen molar-refractivity contribution < 1.29 is 0 Å². The highest BCUT2D eigenvalue weighted by molar-refractivity contribution is 9.09. The second kappa shape index (κ2) is 13.6. The lowest BCUT2D eigenvalue weighted by atomic mass is 10.1. The standard InChI is InChI=1S/C19H32BrSi/c1-2-3-4-5-6-12-17-21(18-13-8-11-16-20)19-14-9-7-10-15-19/h7,9-10,14-15H,2-6,8,11-13,16-18H2,1H3. The molecule has 1 rings (SSSR count). The van der Waals surface area contributed by atoms with Crippen molar-refractivity contribution in [2.24, 2.45) is 0 Å². The Morgan fingerprint density at radius 1 is 0.762 bits per heavy atom. The van der Waals surface area contributed by atoms with Crippen LogP contribution in [0, 0.1) is 0 Å². The fraction of sp³-hybridized carbons (Fsp3) is 0.684. The zero-order chi connectivity index (χ0) is 15.2. The monoisotopic (exact) mass is 367 g/mol. The van der Waals surface area contributed by atoms with Crippen LogP contribution in [-0.2, 0) is 0 Å². The third-order valence-corrected chi connectivity index (χ3v) is 7.75. The lowest BCUT2D eigenvalue weighted by Crippen LogP contribution is -2.29. The zero-order valence-electron chi connectivity index (χ0n) is 13.7. The summed E-state index contributed by atoms with van der Waals surface area (Å²) in [5, 5.41) is 2.83. The van der Waals surface area contributed by atoms with Gasteiger partial charge >= 0.3 is 0 Å². The van der Waals surface area contributed by atoms with Crippen LogP contribution >= 0.6 is 15.9 Å². The van der Waals surface area contributed by atoms with Crippen LogP contribution in [-0.4, -0.2) is 14.1 Å². The topological polar surface area (TPSA) is 0 Å². The Morgan fingerprint density at radius 3 is 1.95 bits per heavy atom. The van der Waals surface area contributed by atoms with Gasteiger partial charge in [0.05, 0.1) is 8.80 Å². The molecule has 0 aliphatic carbocycles. The molecule has 0 aliphatic heterocycles. The Balaban J connectivity index is 2.30. The van der Waals surface area contributed by atoms with Gasteiger partial charge in [-0.05, 0) is 6.42 Å². The van der Waals surface area contributed by atoms with E-state index in [1.807, 2.05) is 0 Å². The summed E-state index contributed by atoms with van der Waals surface area (Å²) in [5.74, 6) is 0. The van der Waals surface area contributed by atoms with Gasteiger partial charge in [-0.15, -0.1) is 0 Å². The number of rotatable bonds is 13. The number of benzene rings is 1. The molecule has 0 aromatic heterocycles. The average Bonchev–Trinajstić information content (AvgIpc) is 2.53. The second-order valence-corrected chi connectivity index (χ2v) is 9.56. The maximum Gasteiger partial charge on any atom is 0.0856 e. The normalized spacial score (nSPS) is 11.2. The van der Waals surface area contributed by atoms with Gasteiger partial charge in [0.15, 0.2) is 0 Å². The molecule has 0 unspecified atom stereocenters. The predicted molar refractivity (Wildman–Crippen MR) is 102 cm³/mol. The summed E-state index contributed by atoms with van der Waals surface area (Å²) in [5.41, 5.74) is 0. The molecule has 0 atom stereocenters. The number of halogens is 1. The molecular formula is C19H32BrSi. The van der Waals surface area contributed by atoms with Crippen LogP contribution in [0.2, 0.25) is 12.1 Å². The van der Waals surface area contributed by atoms with Crippen molar-refractivity contribution in [3.05, 3.63) is 30.3 Å². The maximum atomic E-state index is 3.54. The van der Waals surface area contributed by atoms with E-state index in [-0.39, 0.29) is 8.80 Å². The summed E-state index contributed by atoms with van der Waals surface area (Å²) < 4.78 is 0. The fourth-order valence-corrected chi connectivity index (χ4v) is 6.06. The van der Waals surface area contributed by atoms with Gasteiger partial charge in [-0.25, -0.2) is 0 Å². The van der Waals surface area contributed by atoms with E-state index in [1.165, 1.54) is 69.9 Å². The highest BCUT2D eigenvalue weighted by Gasteiger charge is 2.13. The van der Waals surface area contributed by atoms with Crippen molar-refractivity contribution in [3.63, 3.8) is 0 Å². The quantitative estimate of drug-likeness (QED) is 0.217. The Morgan fingerprint density at radius 2 is 1.33 bits per heavy atom. The zero-order valence-corrected chi connectivity index (χ0v) is 16.3. The van der Waals surface area contributed by atoms with Gasteiger partial charge in [-0.2, -0.15) is 0 Å². The van der Waals surface area contributed by atoms with Crippen molar-refractivity contribution in [1.29, 1.82) is 0 Å². The molecule has 21 heavy (non-hydrogen) atoms. The molecule has 0 fully saturated rings. The highest BCUT2D eigenvalue weighted by atomic mass is 79.9. The molecule has 0 N–H and O–H groups in total. The molecule has 0 aliphatic rings. The molecule has 0 spiro atoms. The number of alkyl halides is 1. The van der Waals surface area contributed by atoms with Crippen LogP contribution in [0.25, 0.3) is 0 Å². The molecule has 1 radical (unpaired) electrons. The largest absolute Gasteiger partial charge is 0.0928 e.